The molecule has 0 radical (unpaired) electrons. The van der Waals surface area contributed by atoms with E-state index in [1.807, 2.05) is 27.7 Å². The number of rotatable bonds is 7. The van der Waals surface area contributed by atoms with Crippen LogP contribution in [-0.4, -0.2) is 61.1 Å². The molecule has 1 aliphatic heterocycles. The maximum Gasteiger partial charge on any atom is 0.317 e. The topological polar surface area (TPSA) is 99.8 Å². The first-order valence-corrected chi connectivity index (χ1v) is 10.5. The number of hydrogen-bond acceptors (Lipinski definition) is 4. The third-order valence-electron chi connectivity index (χ3n) is 5.04. The molecule has 0 spiro atoms. The lowest BCUT2D eigenvalue weighted by atomic mass is 9.88. The quantitative estimate of drug-likeness (QED) is 0.632. The average molecular weight is 419 g/mol. The van der Waals surface area contributed by atoms with E-state index >= 15 is 0 Å². The maximum atomic E-state index is 12.9. The number of benzene rings is 1. The average Bonchev–Trinajstić information content (AvgIpc) is 2.71. The van der Waals surface area contributed by atoms with Gasteiger partial charge in [0.2, 0.25) is 5.91 Å². The molecule has 1 atom stereocenters. The molecule has 30 heavy (non-hydrogen) atoms. The fraction of sp³-hybridized carbons (Fsp3) is 0.591. The van der Waals surface area contributed by atoms with Gasteiger partial charge in [-0.3, -0.25) is 9.59 Å². The fourth-order valence-electron chi connectivity index (χ4n) is 3.53. The van der Waals surface area contributed by atoms with Gasteiger partial charge in [0.15, 0.2) is 0 Å². The molecule has 8 heteroatoms. The number of carbonyl (C=O) groups excluding carboxylic acids is 3. The number of piperidine rings is 1. The minimum atomic E-state index is -0.665. The second-order valence-corrected chi connectivity index (χ2v) is 8.28. The molecule has 166 valence electrons. The van der Waals surface area contributed by atoms with Crippen LogP contribution in [0.3, 0.4) is 0 Å². The lowest BCUT2D eigenvalue weighted by molar-refractivity contribution is -0.125. The summed E-state index contributed by atoms with van der Waals surface area (Å²) in [5.41, 5.74) is 0.436. The third-order valence-corrected chi connectivity index (χ3v) is 5.04. The van der Waals surface area contributed by atoms with Gasteiger partial charge in [-0.1, -0.05) is 6.07 Å². The van der Waals surface area contributed by atoms with Crippen LogP contribution in [0.15, 0.2) is 24.3 Å². The van der Waals surface area contributed by atoms with E-state index in [4.69, 9.17) is 4.74 Å². The summed E-state index contributed by atoms with van der Waals surface area (Å²) in [6.45, 7) is 8.71. The zero-order valence-corrected chi connectivity index (χ0v) is 18.5. The summed E-state index contributed by atoms with van der Waals surface area (Å²) in [7, 11) is 1.54. The predicted octanol–water partition coefficient (Wildman–Crippen LogP) is 2.15. The fourth-order valence-corrected chi connectivity index (χ4v) is 3.53. The molecule has 0 aliphatic carbocycles. The second-order valence-electron chi connectivity index (χ2n) is 8.28. The zero-order valence-electron chi connectivity index (χ0n) is 18.5. The first-order chi connectivity index (χ1) is 14.2. The van der Waals surface area contributed by atoms with Crippen molar-refractivity contribution in [1.29, 1.82) is 0 Å². The number of urea groups is 1. The smallest absolute Gasteiger partial charge is 0.317 e. The first kappa shape index (κ1) is 23.5. The highest BCUT2D eigenvalue weighted by atomic mass is 16.5. The molecule has 3 N–H and O–H groups in total. The Bertz CT molecular complexity index is 742. The molecule has 0 aromatic heterocycles. The number of ether oxygens (including phenoxy) is 1. The number of nitrogens with one attached hydrogen (secondary N) is 3. The van der Waals surface area contributed by atoms with Crippen molar-refractivity contribution in [2.24, 2.45) is 5.92 Å². The molecular weight excluding hydrogens is 384 g/mol. The van der Waals surface area contributed by atoms with Gasteiger partial charge in [0.05, 0.1) is 7.11 Å². The highest BCUT2D eigenvalue weighted by molar-refractivity contribution is 5.98. The van der Waals surface area contributed by atoms with E-state index in [1.165, 1.54) is 0 Å². The highest BCUT2D eigenvalue weighted by Crippen LogP contribution is 2.22. The maximum absolute atomic E-state index is 12.9. The van der Waals surface area contributed by atoms with Crippen LogP contribution in [0.1, 0.15) is 50.9 Å². The molecule has 1 saturated heterocycles. The third kappa shape index (κ3) is 6.64. The number of amides is 4. The molecule has 2 rings (SSSR count). The van der Waals surface area contributed by atoms with Crippen molar-refractivity contribution >= 4 is 17.8 Å². The Morgan fingerprint density at radius 1 is 1.00 bits per heavy atom. The van der Waals surface area contributed by atoms with E-state index in [9.17, 15) is 14.4 Å². The Morgan fingerprint density at radius 2 is 1.63 bits per heavy atom. The molecule has 1 heterocycles. The molecule has 0 saturated carbocycles. The summed E-state index contributed by atoms with van der Waals surface area (Å²) in [6.07, 6.45) is 1.28. The minimum absolute atomic E-state index is 0.0365. The number of likely N-dealkylation sites (tertiary alicyclic amines) is 1. The second kappa shape index (κ2) is 10.8. The molecular formula is C22H34N4O4. The number of carbonyl (C=O) groups is 3. The van der Waals surface area contributed by atoms with Gasteiger partial charge < -0.3 is 25.6 Å². The molecule has 4 amide bonds. The van der Waals surface area contributed by atoms with Gasteiger partial charge in [0, 0.05) is 30.7 Å². The predicted molar refractivity (Wildman–Crippen MR) is 115 cm³/mol. The summed E-state index contributed by atoms with van der Waals surface area (Å²) >= 11 is 0. The Hall–Kier alpha value is -2.77. The minimum Gasteiger partial charge on any atom is -0.497 e. The van der Waals surface area contributed by atoms with Crippen LogP contribution in [0.25, 0.3) is 0 Å². The van der Waals surface area contributed by atoms with Crippen molar-refractivity contribution in [1.82, 2.24) is 20.9 Å². The molecule has 1 unspecified atom stereocenters. The Morgan fingerprint density at radius 3 is 2.20 bits per heavy atom. The van der Waals surface area contributed by atoms with Gasteiger partial charge >= 0.3 is 6.03 Å². The largest absolute Gasteiger partial charge is 0.497 e. The van der Waals surface area contributed by atoms with E-state index < -0.39 is 6.04 Å². The normalized spacial score (nSPS) is 15.6. The van der Waals surface area contributed by atoms with Crippen molar-refractivity contribution in [2.75, 3.05) is 20.2 Å². The summed E-state index contributed by atoms with van der Waals surface area (Å²) < 4.78 is 5.19. The van der Waals surface area contributed by atoms with Crippen LogP contribution in [0.4, 0.5) is 4.79 Å². The number of methoxy groups -OCH3 is 1. The van der Waals surface area contributed by atoms with Crippen molar-refractivity contribution in [3.63, 3.8) is 0 Å². The molecule has 1 aliphatic rings. The van der Waals surface area contributed by atoms with Gasteiger partial charge in [-0.2, -0.15) is 0 Å². The van der Waals surface area contributed by atoms with Crippen LogP contribution in [0, 0.1) is 5.92 Å². The van der Waals surface area contributed by atoms with E-state index in [-0.39, 0.29) is 35.8 Å². The number of hydrogen-bond donors (Lipinski definition) is 3. The summed E-state index contributed by atoms with van der Waals surface area (Å²) in [5.74, 6) is 0.000766. The Balaban J connectivity index is 2.09. The van der Waals surface area contributed by atoms with Crippen LogP contribution in [-0.2, 0) is 4.79 Å². The van der Waals surface area contributed by atoms with Crippen molar-refractivity contribution in [2.45, 2.75) is 58.7 Å². The number of nitrogens with zero attached hydrogens (tertiary/aromatic N) is 1. The van der Waals surface area contributed by atoms with Gasteiger partial charge in [0.25, 0.3) is 5.91 Å². The van der Waals surface area contributed by atoms with E-state index in [0.717, 1.165) is 0 Å². The van der Waals surface area contributed by atoms with E-state index in [1.54, 1.807) is 36.3 Å². The van der Waals surface area contributed by atoms with Crippen LogP contribution < -0.4 is 20.7 Å². The molecule has 0 bridgehead atoms. The van der Waals surface area contributed by atoms with Gasteiger partial charge in [-0.15, -0.1) is 0 Å². The lowest BCUT2D eigenvalue weighted by Crippen LogP contribution is -2.55. The highest BCUT2D eigenvalue weighted by Gasteiger charge is 2.34. The van der Waals surface area contributed by atoms with Crippen LogP contribution in [0.2, 0.25) is 0 Å². The molecule has 1 fully saturated rings. The van der Waals surface area contributed by atoms with Crippen molar-refractivity contribution in [3.05, 3.63) is 29.8 Å². The van der Waals surface area contributed by atoms with Crippen molar-refractivity contribution in [3.8, 4) is 5.75 Å². The molecule has 1 aromatic rings. The van der Waals surface area contributed by atoms with E-state index in [0.29, 0.717) is 37.2 Å². The van der Waals surface area contributed by atoms with Crippen LogP contribution >= 0.6 is 0 Å². The SMILES string of the molecule is COc1cccc(C(=O)NC(C(=O)NC(C)C)C2CCN(C(=O)NC(C)C)CC2)c1. The van der Waals surface area contributed by atoms with E-state index in [2.05, 4.69) is 16.0 Å². The Labute approximate surface area is 178 Å². The standard InChI is InChI=1S/C22H34N4O4/c1-14(2)23-21(28)19(25-20(27)17-7-6-8-18(13-17)30-5)16-9-11-26(12-10-16)22(29)24-15(3)4/h6-8,13-16,19H,9-12H2,1-5H3,(H,23,28)(H,24,29)(H,25,27). The van der Waals surface area contributed by atoms with Gasteiger partial charge in [0.1, 0.15) is 11.8 Å². The summed E-state index contributed by atoms with van der Waals surface area (Å²) in [4.78, 5) is 39.7. The first-order valence-electron chi connectivity index (χ1n) is 10.5. The van der Waals surface area contributed by atoms with Gasteiger partial charge in [-0.25, -0.2) is 4.79 Å². The molecule has 1 aromatic carbocycles. The summed E-state index contributed by atoms with van der Waals surface area (Å²) in [6, 6.07) is 6.11. The monoisotopic (exact) mass is 418 g/mol. The summed E-state index contributed by atoms with van der Waals surface area (Å²) in [5, 5.41) is 8.71. The lowest BCUT2D eigenvalue weighted by Gasteiger charge is -2.36. The van der Waals surface area contributed by atoms with Crippen molar-refractivity contribution < 1.29 is 19.1 Å². The Kier molecular flexibility index (Phi) is 8.50. The zero-order chi connectivity index (χ0) is 22.3. The van der Waals surface area contributed by atoms with Crippen LogP contribution in [0.5, 0.6) is 5.75 Å². The van der Waals surface area contributed by atoms with Gasteiger partial charge in [-0.05, 0) is 64.7 Å². The molecule has 8 nitrogen and oxygen atoms in total.